The number of halogens is 4. The van der Waals surface area contributed by atoms with Crippen molar-refractivity contribution in [1.82, 2.24) is 20.0 Å². The third-order valence-electron chi connectivity index (χ3n) is 6.22. The summed E-state index contributed by atoms with van der Waals surface area (Å²) in [5, 5.41) is 7.33. The molecule has 7 nitrogen and oxygen atoms in total. The molecule has 4 rings (SSSR count). The zero-order valence-corrected chi connectivity index (χ0v) is 19.0. The number of aromatic nitrogens is 2. The molecule has 2 amide bonds. The van der Waals surface area contributed by atoms with Crippen molar-refractivity contribution in [1.29, 1.82) is 0 Å². The van der Waals surface area contributed by atoms with Crippen LogP contribution in [0.2, 0.25) is 0 Å². The number of amides is 2. The van der Waals surface area contributed by atoms with Gasteiger partial charge in [0.2, 0.25) is 0 Å². The van der Waals surface area contributed by atoms with Crippen molar-refractivity contribution in [3.8, 4) is 0 Å². The molecule has 12 heteroatoms. The molecule has 33 heavy (non-hydrogen) atoms. The van der Waals surface area contributed by atoms with Crippen LogP contribution in [0.1, 0.15) is 51.6 Å². The molecule has 2 aliphatic rings. The van der Waals surface area contributed by atoms with E-state index in [0.717, 1.165) is 11.8 Å². The third kappa shape index (κ3) is 4.55. The van der Waals surface area contributed by atoms with Crippen LogP contribution < -0.4 is 5.30 Å². The Hall–Kier alpha value is -2.68. The highest BCUT2D eigenvalue weighted by Gasteiger charge is 2.40. The minimum Gasteiger partial charge on any atom is -0.453 e. The molecule has 0 saturated carbocycles. The summed E-state index contributed by atoms with van der Waals surface area (Å²) in [6.07, 6.45) is -4.26. The van der Waals surface area contributed by atoms with Gasteiger partial charge in [0, 0.05) is 37.3 Å². The molecule has 0 spiro atoms. The maximum absolute atomic E-state index is 14.2. The summed E-state index contributed by atoms with van der Waals surface area (Å²) in [6.45, 7) is 1.05. The fourth-order valence-corrected chi connectivity index (χ4v) is 4.90. The first kappa shape index (κ1) is 23.5. The van der Waals surface area contributed by atoms with Crippen molar-refractivity contribution < 1.29 is 31.9 Å². The number of benzene rings is 1. The van der Waals surface area contributed by atoms with Gasteiger partial charge in [-0.2, -0.15) is 18.3 Å². The second kappa shape index (κ2) is 8.93. The van der Waals surface area contributed by atoms with Crippen molar-refractivity contribution in [3.63, 3.8) is 0 Å². The summed E-state index contributed by atoms with van der Waals surface area (Å²) < 4.78 is 59.4. The molecule has 0 aliphatic carbocycles. The third-order valence-corrected chi connectivity index (χ3v) is 6.55. The number of methoxy groups -OCH3 is 1. The molecule has 0 bridgehead atoms. The molecule has 1 fully saturated rings. The molecule has 0 radical (unpaired) electrons. The second-order valence-electron chi connectivity index (χ2n) is 8.20. The predicted molar refractivity (Wildman–Crippen MR) is 114 cm³/mol. The number of carbonyl (C=O) groups excluding carboxylic acids is 2. The summed E-state index contributed by atoms with van der Waals surface area (Å²) in [4.78, 5) is 28.0. The van der Waals surface area contributed by atoms with Gasteiger partial charge in [-0.3, -0.25) is 9.89 Å². The van der Waals surface area contributed by atoms with E-state index >= 15 is 0 Å². The van der Waals surface area contributed by atoms with Gasteiger partial charge >= 0.3 is 12.3 Å². The maximum Gasteiger partial charge on any atom is 0.419 e. The van der Waals surface area contributed by atoms with E-state index in [1.54, 1.807) is 0 Å². The normalized spacial score (nSPS) is 17.2. The Kier molecular flexibility index (Phi) is 6.35. The topological polar surface area (TPSA) is 78.5 Å². The number of hydrogen-bond acceptors (Lipinski definition) is 4. The molecule has 2 aromatic rings. The van der Waals surface area contributed by atoms with Gasteiger partial charge in [0.15, 0.2) is 5.69 Å². The number of hydrogen-bond donors (Lipinski definition) is 1. The molecule has 1 aromatic heterocycles. The summed E-state index contributed by atoms with van der Waals surface area (Å²) >= 11 is 0. The molecule has 1 N–H and O–H groups in total. The Morgan fingerprint density at radius 2 is 1.88 bits per heavy atom. The lowest BCUT2D eigenvalue weighted by atomic mass is 9.86. The van der Waals surface area contributed by atoms with E-state index in [2.05, 4.69) is 19.4 Å². The van der Waals surface area contributed by atoms with E-state index in [1.165, 1.54) is 23.0 Å². The SMILES string of the molecule is COC(=O)N1CCc2[nH]nc(C(=O)N3CCC(c4cc(P)cc(F)c4C(F)(F)F)CC3)c2C1. The first-order valence-corrected chi connectivity index (χ1v) is 11.0. The molecule has 1 saturated heterocycles. The average Bonchev–Trinajstić information content (AvgIpc) is 3.20. The Labute approximate surface area is 189 Å². The van der Waals surface area contributed by atoms with E-state index in [9.17, 15) is 27.2 Å². The smallest absolute Gasteiger partial charge is 0.419 e. The van der Waals surface area contributed by atoms with Gasteiger partial charge in [0.1, 0.15) is 5.82 Å². The van der Waals surface area contributed by atoms with E-state index < -0.39 is 29.6 Å². The van der Waals surface area contributed by atoms with Crippen molar-refractivity contribution in [3.05, 3.63) is 46.0 Å². The Morgan fingerprint density at radius 1 is 1.18 bits per heavy atom. The van der Waals surface area contributed by atoms with Crippen LogP contribution in [0.25, 0.3) is 0 Å². The van der Waals surface area contributed by atoms with Crippen LogP contribution >= 0.6 is 9.24 Å². The fraction of sp³-hybridized carbons (Fsp3) is 0.476. The van der Waals surface area contributed by atoms with Crippen LogP contribution in [0.3, 0.4) is 0 Å². The largest absolute Gasteiger partial charge is 0.453 e. The van der Waals surface area contributed by atoms with Gasteiger partial charge in [0.25, 0.3) is 5.91 Å². The average molecular weight is 486 g/mol. The van der Waals surface area contributed by atoms with Gasteiger partial charge in [0.05, 0.1) is 19.2 Å². The molecule has 1 unspecified atom stereocenters. The summed E-state index contributed by atoms with van der Waals surface area (Å²) in [5.74, 6) is -2.16. The number of alkyl halides is 3. The van der Waals surface area contributed by atoms with E-state index in [0.29, 0.717) is 23.8 Å². The number of fused-ring (bicyclic) bond motifs is 1. The zero-order chi connectivity index (χ0) is 23.9. The molecule has 1 aromatic carbocycles. The van der Waals surface area contributed by atoms with Crippen LogP contribution in [0, 0.1) is 5.82 Å². The van der Waals surface area contributed by atoms with Crippen molar-refractivity contribution in [2.24, 2.45) is 0 Å². The minimum atomic E-state index is -4.80. The number of piperidine rings is 1. The number of carbonyl (C=O) groups is 2. The molecular formula is C21H23F4N4O3P. The van der Waals surface area contributed by atoms with Crippen molar-refractivity contribution >= 4 is 26.5 Å². The van der Waals surface area contributed by atoms with Gasteiger partial charge in [-0.15, -0.1) is 9.24 Å². The molecular weight excluding hydrogens is 463 g/mol. The van der Waals surface area contributed by atoms with Gasteiger partial charge in [-0.1, -0.05) is 6.07 Å². The Balaban J connectivity index is 1.50. The van der Waals surface area contributed by atoms with E-state index in [4.69, 9.17) is 4.74 Å². The first-order chi connectivity index (χ1) is 15.6. The van der Waals surface area contributed by atoms with Gasteiger partial charge in [-0.05, 0) is 35.7 Å². The lowest BCUT2D eigenvalue weighted by molar-refractivity contribution is -0.140. The highest BCUT2D eigenvalue weighted by atomic mass is 31.0. The standard InChI is InChI=1S/C21H23F4N4O3P/c1-32-20(31)29-7-4-16-14(10-29)18(27-26-16)19(30)28-5-2-11(3-6-28)13-8-12(33)9-15(22)17(13)21(23,24)25/h8-9,11H,2-7,10,33H2,1H3,(H,26,27). The number of H-pyrrole nitrogens is 1. The predicted octanol–water partition coefficient (Wildman–Crippen LogP) is 3.21. The number of ether oxygens (including phenoxy) is 1. The summed E-state index contributed by atoms with van der Waals surface area (Å²) in [7, 11) is 3.52. The number of nitrogens with zero attached hydrogens (tertiary/aromatic N) is 3. The van der Waals surface area contributed by atoms with Crippen LogP contribution in [0.15, 0.2) is 12.1 Å². The van der Waals surface area contributed by atoms with E-state index in [-0.39, 0.29) is 49.6 Å². The first-order valence-electron chi connectivity index (χ1n) is 10.4. The van der Waals surface area contributed by atoms with Crippen LogP contribution in [0.4, 0.5) is 22.4 Å². The van der Waals surface area contributed by atoms with Crippen molar-refractivity contribution in [2.75, 3.05) is 26.7 Å². The van der Waals surface area contributed by atoms with Crippen LogP contribution in [-0.4, -0.2) is 58.7 Å². The van der Waals surface area contributed by atoms with Crippen LogP contribution in [-0.2, 0) is 23.9 Å². The lowest BCUT2D eigenvalue weighted by Crippen LogP contribution is -2.40. The summed E-state index contributed by atoms with van der Waals surface area (Å²) in [6, 6.07) is 2.21. The highest BCUT2D eigenvalue weighted by Crippen LogP contribution is 2.40. The zero-order valence-electron chi connectivity index (χ0n) is 17.8. The molecule has 2 aliphatic heterocycles. The summed E-state index contributed by atoms with van der Waals surface area (Å²) in [5.41, 5.74) is 0.283. The number of nitrogens with one attached hydrogen (secondary N) is 1. The highest BCUT2D eigenvalue weighted by molar-refractivity contribution is 7.27. The van der Waals surface area contributed by atoms with Gasteiger partial charge in [-0.25, -0.2) is 9.18 Å². The monoisotopic (exact) mass is 486 g/mol. The minimum absolute atomic E-state index is 0.0783. The van der Waals surface area contributed by atoms with Crippen LogP contribution in [0.5, 0.6) is 0 Å². The number of likely N-dealkylation sites (tertiary alicyclic amines) is 1. The fourth-order valence-electron chi connectivity index (χ4n) is 4.57. The number of aromatic amines is 1. The van der Waals surface area contributed by atoms with E-state index in [1.807, 2.05) is 0 Å². The molecule has 178 valence electrons. The van der Waals surface area contributed by atoms with Crippen molar-refractivity contribution in [2.45, 2.75) is 37.9 Å². The van der Waals surface area contributed by atoms with Gasteiger partial charge < -0.3 is 14.5 Å². The Bertz CT molecular complexity index is 1080. The molecule has 3 heterocycles. The quantitative estimate of drug-likeness (QED) is 0.523. The second-order valence-corrected chi connectivity index (χ2v) is 8.87. The maximum atomic E-state index is 14.2. The number of rotatable bonds is 2. The Morgan fingerprint density at radius 3 is 2.52 bits per heavy atom. The lowest BCUT2D eigenvalue weighted by Gasteiger charge is -2.33. The molecule has 1 atom stereocenters.